The minimum Gasteiger partial charge on any atom is -0.352 e. The fraction of sp³-hybridized carbons (Fsp3) is 0.273. The first-order chi connectivity index (χ1) is 12.8. The first-order valence-corrected chi connectivity index (χ1v) is 9.30. The molecule has 2 N–H and O–H groups in total. The molecule has 1 amide bonds. The van der Waals surface area contributed by atoms with Gasteiger partial charge in [0, 0.05) is 28.9 Å². The van der Waals surface area contributed by atoms with Crippen LogP contribution in [0.4, 0.5) is 0 Å². The van der Waals surface area contributed by atoms with Crippen molar-refractivity contribution in [1.29, 1.82) is 0 Å². The Balaban J connectivity index is 1.52. The smallest absolute Gasteiger partial charge is 0.251 e. The third-order valence-corrected chi connectivity index (χ3v) is 5.03. The second-order valence-electron chi connectivity index (χ2n) is 6.77. The summed E-state index contributed by atoms with van der Waals surface area (Å²) in [6.45, 7) is 0.621. The molecule has 0 aliphatic heterocycles. The van der Waals surface area contributed by atoms with E-state index >= 15 is 0 Å². The quantitative estimate of drug-likeness (QED) is 0.736. The second kappa shape index (κ2) is 7.56. The maximum absolute atomic E-state index is 12.8. The van der Waals surface area contributed by atoms with Gasteiger partial charge in [-0.2, -0.15) is 5.10 Å². The molecule has 3 aromatic rings. The van der Waals surface area contributed by atoms with Crippen LogP contribution in [0, 0.1) is 0 Å². The van der Waals surface area contributed by atoms with Gasteiger partial charge in [-0.15, -0.1) is 0 Å². The van der Waals surface area contributed by atoms with Crippen LogP contribution >= 0.6 is 0 Å². The molecule has 4 nitrogen and oxygen atoms in total. The minimum absolute atomic E-state index is 0.0379. The highest BCUT2D eigenvalue weighted by Gasteiger charge is 2.21. The van der Waals surface area contributed by atoms with Crippen molar-refractivity contribution in [3.8, 4) is 11.3 Å². The van der Waals surface area contributed by atoms with Gasteiger partial charge < -0.3 is 5.32 Å². The molecule has 0 spiro atoms. The van der Waals surface area contributed by atoms with Crippen LogP contribution in [-0.2, 0) is 19.3 Å². The Bertz CT molecular complexity index is 899. The van der Waals surface area contributed by atoms with Crippen molar-refractivity contribution in [2.24, 2.45) is 0 Å². The van der Waals surface area contributed by atoms with Gasteiger partial charge in [0.1, 0.15) is 0 Å². The van der Waals surface area contributed by atoms with Crippen molar-refractivity contribution in [1.82, 2.24) is 15.5 Å². The van der Waals surface area contributed by atoms with Crippen molar-refractivity contribution < 1.29 is 4.79 Å². The summed E-state index contributed by atoms with van der Waals surface area (Å²) >= 11 is 0. The number of aromatic nitrogens is 2. The highest BCUT2D eigenvalue weighted by atomic mass is 16.1. The molecule has 0 bridgehead atoms. The van der Waals surface area contributed by atoms with Gasteiger partial charge >= 0.3 is 0 Å². The van der Waals surface area contributed by atoms with Crippen molar-refractivity contribution in [2.45, 2.75) is 32.1 Å². The van der Waals surface area contributed by atoms with Gasteiger partial charge in [0.05, 0.1) is 5.69 Å². The zero-order valence-corrected chi connectivity index (χ0v) is 14.8. The second-order valence-corrected chi connectivity index (χ2v) is 6.77. The van der Waals surface area contributed by atoms with Crippen molar-refractivity contribution in [3.63, 3.8) is 0 Å². The zero-order chi connectivity index (χ0) is 17.8. The molecule has 1 heterocycles. The summed E-state index contributed by atoms with van der Waals surface area (Å²) in [5, 5.41) is 10.8. The predicted molar refractivity (Wildman–Crippen MR) is 103 cm³/mol. The first-order valence-electron chi connectivity index (χ1n) is 9.30. The standard InChI is InChI=1S/C22H23N3O/c26-22(23-15-14-16-8-2-1-3-9-16)18-11-5-4-10-17(18)21-19-12-6-7-13-20(19)24-25-21/h1-5,8-11H,6-7,12-15H2,(H,23,26)(H,24,25). The zero-order valence-electron chi connectivity index (χ0n) is 14.8. The number of benzene rings is 2. The minimum atomic E-state index is -0.0379. The van der Waals surface area contributed by atoms with Crippen molar-refractivity contribution in [3.05, 3.63) is 77.0 Å². The highest BCUT2D eigenvalue weighted by Crippen LogP contribution is 2.31. The number of hydrogen-bond acceptors (Lipinski definition) is 2. The van der Waals surface area contributed by atoms with Crippen LogP contribution in [0.3, 0.4) is 0 Å². The number of carbonyl (C=O) groups excluding carboxylic acids is 1. The molecule has 0 radical (unpaired) electrons. The molecule has 1 aliphatic rings. The average Bonchev–Trinajstić information content (AvgIpc) is 3.13. The molecule has 4 heteroatoms. The summed E-state index contributed by atoms with van der Waals surface area (Å²) < 4.78 is 0. The van der Waals surface area contributed by atoms with E-state index in [1.54, 1.807) is 0 Å². The fourth-order valence-corrected chi connectivity index (χ4v) is 3.65. The van der Waals surface area contributed by atoms with E-state index < -0.39 is 0 Å². The molecule has 1 aromatic heterocycles. The van der Waals surface area contributed by atoms with E-state index in [4.69, 9.17) is 0 Å². The van der Waals surface area contributed by atoms with Gasteiger partial charge in [0.25, 0.3) is 5.91 Å². The summed E-state index contributed by atoms with van der Waals surface area (Å²) in [6, 6.07) is 18.0. The van der Waals surface area contributed by atoms with Crippen LogP contribution in [0.25, 0.3) is 11.3 Å². The highest BCUT2D eigenvalue weighted by molar-refractivity contribution is 6.00. The third-order valence-electron chi connectivity index (χ3n) is 5.03. The van der Waals surface area contributed by atoms with E-state index in [0.717, 1.165) is 30.5 Å². The van der Waals surface area contributed by atoms with Gasteiger partial charge in [-0.05, 0) is 43.7 Å². The Morgan fingerprint density at radius 1 is 1.00 bits per heavy atom. The van der Waals surface area contributed by atoms with Gasteiger partial charge in [-0.3, -0.25) is 9.89 Å². The van der Waals surface area contributed by atoms with Crippen LogP contribution < -0.4 is 5.32 Å². The third kappa shape index (κ3) is 3.40. The molecule has 0 unspecified atom stereocenters. The Hall–Kier alpha value is -2.88. The largest absolute Gasteiger partial charge is 0.352 e. The van der Waals surface area contributed by atoms with Crippen LogP contribution in [-0.4, -0.2) is 22.6 Å². The number of rotatable bonds is 5. The van der Waals surface area contributed by atoms with Crippen LogP contribution in [0.1, 0.15) is 40.0 Å². The molecule has 26 heavy (non-hydrogen) atoms. The van der Waals surface area contributed by atoms with Crippen LogP contribution in [0.5, 0.6) is 0 Å². The Morgan fingerprint density at radius 2 is 1.77 bits per heavy atom. The van der Waals surface area contributed by atoms with Crippen LogP contribution in [0.2, 0.25) is 0 Å². The van der Waals surface area contributed by atoms with Gasteiger partial charge in [-0.25, -0.2) is 0 Å². The Labute approximate surface area is 153 Å². The molecule has 1 aliphatic carbocycles. The number of fused-ring (bicyclic) bond motifs is 1. The van der Waals surface area contributed by atoms with E-state index in [-0.39, 0.29) is 5.91 Å². The number of hydrogen-bond donors (Lipinski definition) is 2. The molecule has 0 saturated carbocycles. The first kappa shape index (κ1) is 16.6. The fourth-order valence-electron chi connectivity index (χ4n) is 3.65. The van der Waals surface area contributed by atoms with Gasteiger partial charge in [0.15, 0.2) is 0 Å². The predicted octanol–water partition coefficient (Wildman–Crippen LogP) is 3.93. The number of nitrogens with zero attached hydrogens (tertiary/aromatic N) is 1. The van der Waals surface area contributed by atoms with Crippen LogP contribution in [0.15, 0.2) is 54.6 Å². The monoisotopic (exact) mass is 345 g/mol. The SMILES string of the molecule is O=C(NCCc1ccccc1)c1ccccc1-c1n[nH]c2c1CCCC2. The average molecular weight is 345 g/mol. The van der Waals surface area contributed by atoms with Crippen molar-refractivity contribution >= 4 is 5.91 Å². The molecule has 0 fully saturated rings. The topological polar surface area (TPSA) is 57.8 Å². The molecule has 2 aromatic carbocycles. The van der Waals surface area contributed by atoms with E-state index in [2.05, 4.69) is 27.6 Å². The van der Waals surface area contributed by atoms with Crippen molar-refractivity contribution in [2.75, 3.05) is 6.54 Å². The summed E-state index contributed by atoms with van der Waals surface area (Å²) in [5.41, 5.74) is 6.28. The lowest BCUT2D eigenvalue weighted by atomic mass is 9.92. The number of amides is 1. The van der Waals surface area contributed by atoms with E-state index in [9.17, 15) is 4.79 Å². The van der Waals surface area contributed by atoms with E-state index in [1.165, 1.54) is 29.7 Å². The summed E-state index contributed by atoms with van der Waals surface area (Å²) in [6.07, 6.45) is 5.30. The lowest BCUT2D eigenvalue weighted by molar-refractivity contribution is 0.0955. The number of nitrogens with one attached hydrogen (secondary N) is 2. The van der Waals surface area contributed by atoms with E-state index in [1.807, 2.05) is 42.5 Å². The maximum Gasteiger partial charge on any atom is 0.251 e. The Kier molecular flexibility index (Phi) is 4.82. The molecule has 0 atom stereocenters. The molecule has 0 saturated heterocycles. The normalized spacial score (nSPS) is 13.2. The summed E-state index contributed by atoms with van der Waals surface area (Å²) in [7, 11) is 0. The summed E-state index contributed by atoms with van der Waals surface area (Å²) in [4.78, 5) is 12.8. The number of aryl methyl sites for hydroxylation is 1. The summed E-state index contributed by atoms with van der Waals surface area (Å²) in [5.74, 6) is -0.0379. The lowest BCUT2D eigenvalue weighted by Crippen LogP contribution is -2.26. The lowest BCUT2D eigenvalue weighted by Gasteiger charge is -2.13. The number of carbonyl (C=O) groups is 1. The molecule has 4 rings (SSSR count). The number of H-pyrrole nitrogens is 1. The molecule has 132 valence electrons. The maximum atomic E-state index is 12.8. The Morgan fingerprint density at radius 3 is 2.65 bits per heavy atom. The van der Waals surface area contributed by atoms with Gasteiger partial charge in [0.2, 0.25) is 0 Å². The number of aromatic amines is 1. The van der Waals surface area contributed by atoms with E-state index in [0.29, 0.717) is 12.1 Å². The van der Waals surface area contributed by atoms with Gasteiger partial charge in [-0.1, -0.05) is 48.5 Å². The molecular weight excluding hydrogens is 322 g/mol. The molecular formula is C22H23N3O.